The molecule has 0 radical (unpaired) electrons. The Labute approximate surface area is 76.4 Å². The number of hydrogen-bond donors (Lipinski definition) is 2. The van der Waals surface area contributed by atoms with Gasteiger partial charge >= 0.3 is 0 Å². The number of pyridine rings is 1. The molecule has 0 fully saturated rings. The maximum absolute atomic E-state index is 5.64. The third-order valence-electron chi connectivity index (χ3n) is 1.98. The van der Waals surface area contributed by atoms with Crippen LogP contribution in [0.2, 0.25) is 0 Å². The minimum atomic E-state index is 0.473. The standard InChI is InChI=1S/C10H11N3/c11-6-9-3-1-7-5-8(12)2-4-10(7)13-9/h1-5H,6,11-12H2. The summed E-state index contributed by atoms with van der Waals surface area (Å²) >= 11 is 0. The number of benzene rings is 1. The van der Waals surface area contributed by atoms with Gasteiger partial charge in [-0.3, -0.25) is 4.98 Å². The van der Waals surface area contributed by atoms with Gasteiger partial charge < -0.3 is 11.5 Å². The van der Waals surface area contributed by atoms with Crippen molar-refractivity contribution in [3.8, 4) is 0 Å². The van der Waals surface area contributed by atoms with Crippen molar-refractivity contribution >= 4 is 16.6 Å². The van der Waals surface area contributed by atoms with Crippen molar-refractivity contribution in [1.82, 2.24) is 4.98 Å². The summed E-state index contributed by atoms with van der Waals surface area (Å²) in [6, 6.07) is 9.56. The van der Waals surface area contributed by atoms with Gasteiger partial charge in [0.05, 0.1) is 11.2 Å². The molecule has 0 saturated heterocycles. The fourth-order valence-electron chi connectivity index (χ4n) is 1.30. The highest BCUT2D eigenvalue weighted by atomic mass is 14.7. The molecule has 0 bridgehead atoms. The summed E-state index contributed by atoms with van der Waals surface area (Å²) in [5.41, 5.74) is 13.7. The smallest absolute Gasteiger partial charge is 0.0707 e. The Hall–Kier alpha value is -1.61. The number of nitrogen functional groups attached to an aromatic ring is 1. The summed E-state index contributed by atoms with van der Waals surface area (Å²) in [5, 5.41) is 1.05. The molecule has 1 aromatic heterocycles. The van der Waals surface area contributed by atoms with Crippen molar-refractivity contribution < 1.29 is 0 Å². The first-order chi connectivity index (χ1) is 6.29. The van der Waals surface area contributed by atoms with Crippen LogP contribution in [0, 0.1) is 0 Å². The molecule has 0 saturated carbocycles. The summed E-state index contributed by atoms with van der Waals surface area (Å²) in [6.07, 6.45) is 0. The van der Waals surface area contributed by atoms with Gasteiger partial charge in [-0.2, -0.15) is 0 Å². The molecule has 4 N–H and O–H groups in total. The molecule has 3 nitrogen and oxygen atoms in total. The first-order valence-corrected chi connectivity index (χ1v) is 4.15. The second-order valence-electron chi connectivity index (χ2n) is 2.96. The summed E-state index contributed by atoms with van der Waals surface area (Å²) in [4.78, 5) is 4.35. The second kappa shape index (κ2) is 3.03. The first-order valence-electron chi connectivity index (χ1n) is 4.15. The Kier molecular flexibility index (Phi) is 1.87. The van der Waals surface area contributed by atoms with E-state index in [-0.39, 0.29) is 0 Å². The lowest BCUT2D eigenvalue weighted by atomic mass is 10.2. The minimum Gasteiger partial charge on any atom is -0.399 e. The number of aromatic nitrogens is 1. The van der Waals surface area contributed by atoms with Crippen molar-refractivity contribution in [3.63, 3.8) is 0 Å². The van der Waals surface area contributed by atoms with E-state index in [0.29, 0.717) is 6.54 Å². The van der Waals surface area contributed by atoms with E-state index in [9.17, 15) is 0 Å². The number of nitrogens with zero attached hydrogens (tertiary/aromatic N) is 1. The zero-order valence-electron chi connectivity index (χ0n) is 7.20. The van der Waals surface area contributed by atoms with Crippen LogP contribution in [0.15, 0.2) is 30.3 Å². The summed E-state index contributed by atoms with van der Waals surface area (Å²) in [7, 11) is 0. The van der Waals surface area contributed by atoms with Crippen LogP contribution in [-0.2, 0) is 6.54 Å². The van der Waals surface area contributed by atoms with E-state index in [1.165, 1.54) is 0 Å². The van der Waals surface area contributed by atoms with E-state index < -0.39 is 0 Å². The number of nitrogens with two attached hydrogens (primary N) is 2. The van der Waals surface area contributed by atoms with E-state index in [4.69, 9.17) is 11.5 Å². The van der Waals surface area contributed by atoms with E-state index in [1.54, 1.807) is 0 Å². The SMILES string of the molecule is NCc1ccc2cc(N)ccc2n1. The second-order valence-corrected chi connectivity index (χ2v) is 2.96. The highest BCUT2D eigenvalue weighted by Crippen LogP contribution is 2.15. The molecule has 1 heterocycles. The van der Waals surface area contributed by atoms with Crippen molar-refractivity contribution in [1.29, 1.82) is 0 Å². The maximum Gasteiger partial charge on any atom is 0.0707 e. The largest absolute Gasteiger partial charge is 0.399 e. The van der Waals surface area contributed by atoms with E-state index >= 15 is 0 Å². The van der Waals surface area contributed by atoms with Crippen LogP contribution in [0.1, 0.15) is 5.69 Å². The lowest BCUT2D eigenvalue weighted by Gasteiger charge is -2.00. The third-order valence-corrected chi connectivity index (χ3v) is 1.98. The molecule has 1 aromatic carbocycles. The highest BCUT2D eigenvalue weighted by molar-refractivity contribution is 5.81. The molecule has 0 amide bonds. The Bertz CT molecular complexity index is 437. The van der Waals surface area contributed by atoms with Gasteiger partial charge in [-0.25, -0.2) is 0 Å². The van der Waals surface area contributed by atoms with Gasteiger partial charge in [-0.15, -0.1) is 0 Å². The summed E-state index contributed by atoms with van der Waals surface area (Å²) in [6.45, 7) is 0.473. The average Bonchev–Trinajstić information content (AvgIpc) is 2.17. The molecule has 0 aliphatic heterocycles. The van der Waals surface area contributed by atoms with Crippen LogP contribution in [0.4, 0.5) is 5.69 Å². The van der Waals surface area contributed by atoms with Crippen molar-refractivity contribution in [2.75, 3.05) is 5.73 Å². The zero-order chi connectivity index (χ0) is 9.26. The first kappa shape index (κ1) is 8.01. The van der Waals surface area contributed by atoms with Crippen molar-refractivity contribution in [3.05, 3.63) is 36.0 Å². The number of hydrogen-bond acceptors (Lipinski definition) is 3. The quantitative estimate of drug-likeness (QED) is 0.638. The highest BCUT2D eigenvalue weighted by Gasteiger charge is 1.96. The molecule has 66 valence electrons. The van der Waals surface area contributed by atoms with Gasteiger partial charge in [0, 0.05) is 17.6 Å². The lowest BCUT2D eigenvalue weighted by Crippen LogP contribution is -1.99. The molecule has 2 rings (SSSR count). The van der Waals surface area contributed by atoms with Crippen LogP contribution in [0.3, 0.4) is 0 Å². The van der Waals surface area contributed by atoms with Gasteiger partial charge in [0.2, 0.25) is 0 Å². The Balaban J connectivity index is 2.66. The van der Waals surface area contributed by atoms with Crippen molar-refractivity contribution in [2.45, 2.75) is 6.54 Å². The molecule has 0 atom stereocenters. The van der Waals surface area contributed by atoms with Crippen molar-refractivity contribution in [2.24, 2.45) is 5.73 Å². The molecular weight excluding hydrogens is 162 g/mol. The van der Waals surface area contributed by atoms with Gasteiger partial charge in [-0.05, 0) is 24.3 Å². The molecule has 2 aromatic rings. The van der Waals surface area contributed by atoms with Crippen LogP contribution < -0.4 is 11.5 Å². The van der Waals surface area contributed by atoms with Gasteiger partial charge in [0.1, 0.15) is 0 Å². The van der Waals surface area contributed by atoms with Gasteiger partial charge in [-0.1, -0.05) is 6.07 Å². The van der Waals surface area contributed by atoms with Crippen LogP contribution in [-0.4, -0.2) is 4.98 Å². The summed E-state index contributed by atoms with van der Waals surface area (Å²) in [5.74, 6) is 0. The molecule has 13 heavy (non-hydrogen) atoms. The topological polar surface area (TPSA) is 64.9 Å². The van der Waals surface area contributed by atoms with Crippen LogP contribution in [0.25, 0.3) is 10.9 Å². The van der Waals surface area contributed by atoms with Gasteiger partial charge in [0.25, 0.3) is 0 Å². The summed E-state index contributed by atoms with van der Waals surface area (Å²) < 4.78 is 0. The predicted molar refractivity (Wildman–Crippen MR) is 54.0 cm³/mol. The van der Waals surface area contributed by atoms with E-state index in [2.05, 4.69) is 4.98 Å². The Morgan fingerprint density at radius 2 is 2.00 bits per heavy atom. The monoisotopic (exact) mass is 173 g/mol. The Morgan fingerprint density at radius 1 is 1.15 bits per heavy atom. The Morgan fingerprint density at radius 3 is 2.77 bits per heavy atom. The predicted octanol–water partition coefficient (Wildman–Crippen LogP) is 1.28. The number of fused-ring (bicyclic) bond motifs is 1. The van der Waals surface area contributed by atoms with Crippen LogP contribution >= 0.6 is 0 Å². The third kappa shape index (κ3) is 1.46. The zero-order valence-corrected chi connectivity index (χ0v) is 7.20. The molecule has 0 aliphatic rings. The average molecular weight is 173 g/mol. The van der Waals surface area contributed by atoms with E-state index in [0.717, 1.165) is 22.3 Å². The fourth-order valence-corrected chi connectivity index (χ4v) is 1.30. The molecular formula is C10H11N3. The molecule has 3 heteroatoms. The number of anilines is 1. The fraction of sp³-hybridized carbons (Fsp3) is 0.100. The minimum absolute atomic E-state index is 0.473. The number of rotatable bonds is 1. The molecule has 0 spiro atoms. The van der Waals surface area contributed by atoms with Crippen LogP contribution in [0.5, 0.6) is 0 Å². The molecule has 0 aliphatic carbocycles. The normalized spacial score (nSPS) is 10.5. The molecule has 0 unspecified atom stereocenters. The lowest BCUT2D eigenvalue weighted by molar-refractivity contribution is 1.01. The van der Waals surface area contributed by atoms with E-state index in [1.807, 2.05) is 30.3 Å². The maximum atomic E-state index is 5.64. The van der Waals surface area contributed by atoms with Gasteiger partial charge in [0.15, 0.2) is 0 Å².